The maximum Gasteiger partial charge on any atom is 0.261 e. The second-order valence-corrected chi connectivity index (χ2v) is 35.2. The van der Waals surface area contributed by atoms with E-state index < -0.39 is 30.6 Å². The molecule has 0 bridgehead atoms. The third kappa shape index (κ3) is 14.6. The van der Waals surface area contributed by atoms with Crippen LogP contribution in [0.15, 0.2) is 133 Å². The van der Waals surface area contributed by atoms with Gasteiger partial charge in [0.2, 0.25) is 0 Å². The van der Waals surface area contributed by atoms with E-state index in [2.05, 4.69) is 217 Å². The Hall–Kier alpha value is -2.89. The second kappa shape index (κ2) is 24.9. The topological polar surface area (TPSA) is 47.9 Å². The predicted molar refractivity (Wildman–Crippen MR) is 289 cm³/mol. The summed E-state index contributed by atoms with van der Waals surface area (Å²) in [5, 5.41) is 16.7. The minimum atomic E-state index is -2.61. The van der Waals surface area contributed by atoms with Crippen LogP contribution in [0.3, 0.4) is 0 Å². The third-order valence-electron chi connectivity index (χ3n) is 14.6. The Bertz CT molecular complexity index is 1850. The molecule has 7 heteroatoms. The molecule has 0 saturated carbocycles. The zero-order valence-electron chi connectivity index (χ0n) is 43.2. The van der Waals surface area contributed by atoms with Crippen molar-refractivity contribution >= 4 is 45.7 Å². The quantitative estimate of drug-likeness (QED) is 0.0478. The molecule has 5 atom stereocenters. The smallest absolute Gasteiger partial charge is 0.261 e. The lowest BCUT2D eigenvalue weighted by Gasteiger charge is -2.43. The summed E-state index contributed by atoms with van der Waals surface area (Å²) in [5.74, 6) is 1.25. The highest BCUT2D eigenvalue weighted by molar-refractivity contribution is 7.00. The highest BCUT2D eigenvalue weighted by atomic mass is 28.4. The SMILES string of the molecule is CC[Si](CC)(CC)OC(CC[C@H](C)C/C=C/[C@@](C)(O)CCC[C@@H](C)CO[Si](c1ccccc1)(c1ccccc1)C(C)(C)C)[C@H](C)CCO[Si](c1ccccc1)(c1ccccc1)C(C)(C)C. The zero-order chi connectivity index (χ0) is 47.8. The normalized spacial score (nSPS) is 16.0. The fraction of sp³-hybridized carbons (Fsp3) is 0.552. The molecule has 65 heavy (non-hydrogen) atoms. The van der Waals surface area contributed by atoms with E-state index in [4.69, 9.17) is 13.3 Å². The number of hydrogen-bond donors (Lipinski definition) is 1. The molecule has 0 fully saturated rings. The summed E-state index contributed by atoms with van der Waals surface area (Å²) >= 11 is 0. The molecule has 0 aromatic heterocycles. The molecule has 4 nitrogen and oxygen atoms in total. The fourth-order valence-corrected chi connectivity index (χ4v) is 22.5. The second-order valence-electron chi connectivity index (χ2n) is 21.8. The van der Waals surface area contributed by atoms with Gasteiger partial charge in [0, 0.05) is 19.3 Å². The maximum absolute atomic E-state index is 11.5. The van der Waals surface area contributed by atoms with Crippen LogP contribution in [0.2, 0.25) is 28.2 Å². The van der Waals surface area contributed by atoms with Crippen molar-refractivity contribution in [3.63, 3.8) is 0 Å². The van der Waals surface area contributed by atoms with Crippen molar-refractivity contribution in [3.05, 3.63) is 133 Å². The van der Waals surface area contributed by atoms with Gasteiger partial charge in [-0.15, -0.1) is 0 Å². The van der Waals surface area contributed by atoms with Gasteiger partial charge < -0.3 is 18.4 Å². The molecular weight excluding hydrogens is 845 g/mol. The summed E-state index contributed by atoms with van der Waals surface area (Å²) in [4.78, 5) is 0. The minimum absolute atomic E-state index is 0.0400. The van der Waals surface area contributed by atoms with Crippen molar-refractivity contribution in [1.82, 2.24) is 0 Å². The van der Waals surface area contributed by atoms with Crippen molar-refractivity contribution in [2.45, 2.75) is 175 Å². The van der Waals surface area contributed by atoms with E-state index in [1.807, 2.05) is 6.92 Å². The van der Waals surface area contributed by atoms with E-state index in [9.17, 15) is 5.11 Å². The first kappa shape index (κ1) is 54.7. The van der Waals surface area contributed by atoms with Crippen molar-refractivity contribution in [1.29, 1.82) is 0 Å². The first-order valence-corrected chi connectivity index (χ1v) is 31.7. The van der Waals surface area contributed by atoms with Crippen molar-refractivity contribution in [2.75, 3.05) is 13.2 Å². The average molecular weight is 936 g/mol. The van der Waals surface area contributed by atoms with Crippen molar-refractivity contribution in [3.8, 4) is 0 Å². The average Bonchev–Trinajstić information content (AvgIpc) is 3.28. The molecule has 0 spiro atoms. The summed E-state index contributed by atoms with van der Waals surface area (Å²) < 4.78 is 22.0. The molecule has 0 amide bonds. The summed E-state index contributed by atoms with van der Waals surface area (Å²) in [5.41, 5.74) is -0.835. The van der Waals surface area contributed by atoms with Gasteiger partial charge in [0.15, 0.2) is 8.32 Å². The number of aliphatic hydroxyl groups is 1. The van der Waals surface area contributed by atoms with Gasteiger partial charge in [-0.2, -0.15) is 0 Å². The van der Waals surface area contributed by atoms with Crippen LogP contribution in [0.5, 0.6) is 0 Å². The first-order chi connectivity index (χ1) is 30.8. The van der Waals surface area contributed by atoms with Gasteiger partial charge in [-0.25, -0.2) is 0 Å². The Morgan fingerprint density at radius 1 is 0.538 bits per heavy atom. The van der Waals surface area contributed by atoms with Gasteiger partial charge in [-0.1, -0.05) is 217 Å². The van der Waals surface area contributed by atoms with Gasteiger partial charge in [0.25, 0.3) is 16.6 Å². The number of benzene rings is 4. The van der Waals surface area contributed by atoms with E-state index in [-0.39, 0.29) is 16.2 Å². The van der Waals surface area contributed by atoms with Gasteiger partial charge in [0.05, 0.1) is 5.60 Å². The number of hydrogen-bond acceptors (Lipinski definition) is 4. The molecule has 4 aromatic carbocycles. The van der Waals surface area contributed by atoms with Crippen LogP contribution >= 0.6 is 0 Å². The third-order valence-corrected chi connectivity index (χ3v) is 29.3. The molecule has 0 saturated heterocycles. The monoisotopic (exact) mass is 935 g/mol. The number of allylic oxidation sites excluding steroid dienone is 1. The van der Waals surface area contributed by atoms with Crippen LogP contribution in [0.25, 0.3) is 0 Å². The van der Waals surface area contributed by atoms with E-state index in [1.54, 1.807) is 0 Å². The molecule has 358 valence electrons. The Morgan fingerprint density at radius 3 is 1.35 bits per heavy atom. The van der Waals surface area contributed by atoms with Crippen LogP contribution in [-0.2, 0) is 13.3 Å². The Labute approximate surface area is 401 Å². The van der Waals surface area contributed by atoms with Crippen molar-refractivity contribution in [2.24, 2.45) is 17.8 Å². The molecule has 0 aliphatic rings. The predicted octanol–water partition coefficient (Wildman–Crippen LogP) is 13.5. The maximum atomic E-state index is 11.5. The van der Waals surface area contributed by atoms with E-state index in [1.165, 1.54) is 20.7 Å². The first-order valence-electron chi connectivity index (χ1n) is 25.4. The van der Waals surface area contributed by atoms with Crippen LogP contribution in [0.4, 0.5) is 0 Å². The standard InChI is InChI=1S/C58H90O4Si3/c1-14-63(15-2,16-3)62-55(50(6)43-46-60-64(56(7,8)9,51-33-21-17-22-34-51)52-35-23-18-24-36-52)42-41-48(4)31-29-44-58(13,59)45-30-32-49(5)47-61-65(57(10,11)12,53-37-25-19-26-38-53)54-39-27-20-28-40-54/h17-29,33-40,44,48-50,55,59H,14-16,30-32,41-43,45-47H2,1-13H3/b44-29+/t48-,49-,50-,55?,58-/m1/s1. The molecule has 1 unspecified atom stereocenters. The van der Waals surface area contributed by atoms with Crippen LogP contribution in [-0.4, -0.2) is 55.0 Å². The molecule has 0 aliphatic carbocycles. The highest BCUT2D eigenvalue weighted by Crippen LogP contribution is 2.39. The molecule has 0 aliphatic heterocycles. The minimum Gasteiger partial charge on any atom is -0.414 e. The van der Waals surface area contributed by atoms with Gasteiger partial charge >= 0.3 is 0 Å². The van der Waals surface area contributed by atoms with Gasteiger partial charge in [-0.3, -0.25) is 0 Å². The van der Waals surface area contributed by atoms with Crippen LogP contribution in [0.1, 0.15) is 135 Å². The van der Waals surface area contributed by atoms with Gasteiger partial charge in [-0.05, 0) is 119 Å². The van der Waals surface area contributed by atoms with E-state index in [0.717, 1.165) is 63.1 Å². The largest absolute Gasteiger partial charge is 0.414 e. The summed E-state index contributed by atoms with van der Waals surface area (Å²) in [6.45, 7) is 31.6. The Morgan fingerprint density at radius 2 is 0.954 bits per heavy atom. The van der Waals surface area contributed by atoms with Crippen molar-refractivity contribution < 1.29 is 18.4 Å². The fourth-order valence-electron chi connectivity index (χ4n) is 10.3. The Kier molecular flexibility index (Phi) is 21.0. The van der Waals surface area contributed by atoms with E-state index >= 15 is 0 Å². The number of rotatable bonds is 27. The molecule has 0 heterocycles. The molecule has 4 aromatic rings. The van der Waals surface area contributed by atoms with Crippen LogP contribution in [0, 0.1) is 17.8 Å². The van der Waals surface area contributed by atoms with Gasteiger partial charge in [0.1, 0.15) is 0 Å². The summed E-state index contributed by atoms with van der Waals surface area (Å²) in [7, 11) is -7.01. The molecule has 0 radical (unpaired) electrons. The Balaban J connectivity index is 1.35. The van der Waals surface area contributed by atoms with Crippen LogP contribution < -0.4 is 20.7 Å². The lowest BCUT2D eigenvalue weighted by Crippen LogP contribution is -2.66. The summed E-state index contributed by atoms with van der Waals surface area (Å²) in [6.07, 6.45) is 11.3. The zero-order valence-corrected chi connectivity index (χ0v) is 46.2. The van der Waals surface area contributed by atoms with E-state index in [0.29, 0.717) is 31.0 Å². The highest BCUT2D eigenvalue weighted by Gasteiger charge is 2.51. The molecular formula is C58H90O4Si3. The molecule has 4 rings (SSSR count). The molecule has 1 N–H and O–H groups in total. The lowest BCUT2D eigenvalue weighted by molar-refractivity contribution is 0.0945. The summed E-state index contributed by atoms with van der Waals surface area (Å²) in [6, 6.07) is 47.3. The lowest BCUT2D eigenvalue weighted by atomic mass is 9.91.